The van der Waals surface area contributed by atoms with Gasteiger partial charge in [-0.25, -0.2) is 0 Å². The molecule has 1 atom stereocenters. The van der Waals surface area contributed by atoms with Gasteiger partial charge in [0, 0.05) is 5.39 Å². The van der Waals surface area contributed by atoms with Gasteiger partial charge in [0.2, 0.25) is 0 Å². The number of halogens is 2. The molecule has 1 heterocycles. The average Bonchev–Trinajstić information content (AvgIpc) is 2.49. The Labute approximate surface area is 133 Å². The van der Waals surface area contributed by atoms with Gasteiger partial charge < -0.3 is 5.73 Å². The second kappa shape index (κ2) is 5.64. The van der Waals surface area contributed by atoms with Gasteiger partial charge in [-0.3, -0.25) is 4.98 Å². The van der Waals surface area contributed by atoms with E-state index in [9.17, 15) is 0 Å². The molecular weight excluding hydrogens is 303 g/mol. The number of aryl methyl sites for hydroxylation is 1. The van der Waals surface area contributed by atoms with Crippen molar-refractivity contribution >= 4 is 34.1 Å². The smallest absolute Gasteiger partial charge is 0.0741 e. The van der Waals surface area contributed by atoms with Crippen LogP contribution in [0.5, 0.6) is 0 Å². The highest BCUT2D eigenvalue weighted by molar-refractivity contribution is 6.42. The molecule has 0 saturated heterocycles. The maximum Gasteiger partial charge on any atom is 0.0741 e. The Balaban J connectivity index is 2.13. The zero-order valence-corrected chi connectivity index (χ0v) is 13.0. The molecule has 0 aliphatic carbocycles. The predicted molar refractivity (Wildman–Crippen MR) is 89.0 cm³/mol. The summed E-state index contributed by atoms with van der Waals surface area (Å²) in [6.07, 6.45) is 0. The topological polar surface area (TPSA) is 38.9 Å². The fraction of sp³-hybridized carbons (Fsp3) is 0.118. The third-order valence-electron chi connectivity index (χ3n) is 3.58. The van der Waals surface area contributed by atoms with Gasteiger partial charge in [-0.2, -0.15) is 0 Å². The summed E-state index contributed by atoms with van der Waals surface area (Å²) in [4.78, 5) is 4.66. The molecule has 0 radical (unpaired) electrons. The molecule has 3 aromatic rings. The van der Waals surface area contributed by atoms with Crippen molar-refractivity contribution in [2.75, 3.05) is 0 Å². The number of hydrogen-bond acceptors (Lipinski definition) is 2. The SMILES string of the molecule is Cc1cc(C(N)c2cccc(Cl)c2Cl)nc2ccccc12. The van der Waals surface area contributed by atoms with E-state index in [1.165, 1.54) is 0 Å². The highest BCUT2D eigenvalue weighted by Crippen LogP contribution is 2.32. The minimum Gasteiger partial charge on any atom is -0.319 e. The Bertz CT molecular complexity index is 815. The maximum atomic E-state index is 6.34. The van der Waals surface area contributed by atoms with Gasteiger partial charge in [-0.1, -0.05) is 53.5 Å². The zero-order chi connectivity index (χ0) is 15.0. The minimum atomic E-state index is -0.403. The van der Waals surface area contributed by atoms with Crippen LogP contribution in [0.3, 0.4) is 0 Å². The van der Waals surface area contributed by atoms with E-state index in [0.29, 0.717) is 10.0 Å². The Kier molecular flexibility index (Phi) is 3.85. The Morgan fingerprint density at radius 2 is 1.81 bits per heavy atom. The van der Waals surface area contributed by atoms with Gasteiger partial charge in [0.05, 0.1) is 27.3 Å². The van der Waals surface area contributed by atoms with Crippen molar-refractivity contribution in [3.05, 3.63) is 75.4 Å². The Morgan fingerprint density at radius 3 is 2.62 bits per heavy atom. The van der Waals surface area contributed by atoms with E-state index < -0.39 is 6.04 Å². The van der Waals surface area contributed by atoms with Crippen molar-refractivity contribution in [2.45, 2.75) is 13.0 Å². The number of aromatic nitrogens is 1. The molecule has 21 heavy (non-hydrogen) atoms. The van der Waals surface area contributed by atoms with Crippen LogP contribution >= 0.6 is 23.2 Å². The molecule has 2 nitrogen and oxygen atoms in total. The summed E-state index contributed by atoms with van der Waals surface area (Å²) in [5.74, 6) is 0. The highest BCUT2D eigenvalue weighted by atomic mass is 35.5. The first kappa shape index (κ1) is 14.3. The normalized spacial score (nSPS) is 12.6. The second-order valence-electron chi connectivity index (χ2n) is 5.00. The van der Waals surface area contributed by atoms with Crippen LogP contribution in [0.4, 0.5) is 0 Å². The van der Waals surface area contributed by atoms with Crippen molar-refractivity contribution < 1.29 is 0 Å². The number of benzene rings is 2. The van der Waals surface area contributed by atoms with Gasteiger partial charge in [-0.05, 0) is 36.2 Å². The molecule has 0 aliphatic heterocycles. The summed E-state index contributed by atoms with van der Waals surface area (Å²) in [7, 11) is 0. The molecule has 2 aromatic carbocycles. The molecule has 0 saturated carbocycles. The number of nitrogens with zero attached hydrogens (tertiary/aromatic N) is 1. The summed E-state index contributed by atoms with van der Waals surface area (Å²) < 4.78 is 0. The number of para-hydroxylation sites is 1. The summed E-state index contributed by atoms with van der Waals surface area (Å²) >= 11 is 12.3. The second-order valence-corrected chi connectivity index (χ2v) is 5.79. The van der Waals surface area contributed by atoms with Crippen molar-refractivity contribution in [1.82, 2.24) is 4.98 Å². The van der Waals surface area contributed by atoms with Crippen molar-refractivity contribution in [3.8, 4) is 0 Å². The first-order valence-corrected chi connectivity index (χ1v) is 7.39. The van der Waals surface area contributed by atoms with Crippen molar-refractivity contribution in [2.24, 2.45) is 5.73 Å². The number of fused-ring (bicyclic) bond motifs is 1. The summed E-state index contributed by atoms with van der Waals surface area (Å²) in [5, 5.41) is 2.12. The van der Waals surface area contributed by atoms with Crippen LogP contribution in [-0.2, 0) is 0 Å². The van der Waals surface area contributed by atoms with E-state index in [2.05, 4.69) is 18.0 Å². The number of nitrogens with two attached hydrogens (primary N) is 1. The number of pyridine rings is 1. The predicted octanol–water partition coefficient (Wildman–Crippen LogP) is 4.90. The van der Waals surface area contributed by atoms with Crippen molar-refractivity contribution in [3.63, 3.8) is 0 Å². The lowest BCUT2D eigenvalue weighted by Crippen LogP contribution is -2.14. The van der Waals surface area contributed by atoms with E-state index in [1.807, 2.05) is 36.4 Å². The Morgan fingerprint density at radius 1 is 1.05 bits per heavy atom. The quantitative estimate of drug-likeness (QED) is 0.730. The molecule has 0 bridgehead atoms. The van der Waals surface area contributed by atoms with Gasteiger partial charge >= 0.3 is 0 Å². The van der Waals surface area contributed by atoms with Gasteiger partial charge in [0.1, 0.15) is 0 Å². The minimum absolute atomic E-state index is 0.403. The van der Waals surface area contributed by atoms with Crippen LogP contribution in [0.1, 0.15) is 22.9 Å². The fourth-order valence-electron chi connectivity index (χ4n) is 2.45. The third kappa shape index (κ3) is 2.62. The highest BCUT2D eigenvalue weighted by Gasteiger charge is 2.16. The van der Waals surface area contributed by atoms with E-state index in [0.717, 1.165) is 27.7 Å². The molecule has 0 amide bonds. The third-order valence-corrected chi connectivity index (χ3v) is 4.41. The lowest BCUT2D eigenvalue weighted by Gasteiger charge is -2.15. The summed E-state index contributed by atoms with van der Waals surface area (Å²) in [5.41, 5.74) is 9.99. The zero-order valence-electron chi connectivity index (χ0n) is 11.5. The van der Waals surface area contributed by atoms with E-state index in [-0.39, 0.29) is 0 Å². The van der Waals surface area contributed by atoms with Crippen molar-refractivity contribution in [1.29, 1.82) is 0 Å². The van der Waals surface area contributed by atoms with Crippen LogP contribution in [-0.4, -0.2) is 4.98 Å². The van der Waals surface area contributed by atoms with E-state index in [4.69, 9.17) is 28.9 Å². The van der Waals surface area contributed by atoms with Crippen LogP contribution in [0, 0.1) is 6.92 Å². The van der Waals surface area contributed by atoms with Gasteiger partial charge in [0.15, 0.2) is 0 Å². The fourth-order valence-corrected chi connectivity index (χ4v) is 2.88. The van der Waals surface area contributed by atoms with Gasteiger partial charge in [0.25, 0.3) is 0 Å². The summed E-state index contributed by atoms with van der Waals surface area (Å²) in [6, 6.07) is 15.1. The van der Waals surface area contributed by atoms with Gasteiger partial charge in [-0.15, -0.1) is 0 Å². The molecule has 0 aliphatic rings. The largest absolute Gasteiger partial charge is 0.319 e. The molecule has 0 fully saturated rings. The molecule has 0 spiro atoms. The standard InChI is InChI=1S/C17H14Cl2N2/c1-10-9-15(21-14-8-3-2-5-11(10)14)17(20)12-6-4-7-13(18)16(12)19/h2-9,17H,20H2,1H3. The van der Waals surface area contributed by atoms with E-state index >= 15 is 0 Å². The molecule has 1 aromatic heterocycles. The van der Waals surface area contributed by atoms with Crippen LogP contribution < -0.4 is 5.73 Å². The maximum absolute atomic E-state index is 6.34. The first-order valence-electron chi connectivity index (χ1n) is 6.63. The monoisotopic (exact) mass is 316 g/mol. The molecule has 4 heteroatoms. The average molecular weight is 317 g/mol. The molecule has 2 N–H and O–H groups in total. The molecule has 106 valence electrons. The molecular formula is C17H14Cl2N2. The number of hydrogen-bond donors (Lipinski definition) is 1. The molecule has 1 unspecified atom stereocenters. The summed E-state index contributed by atoms with van der Waals surface area (Å²) in [6.45, 7) is 2.06. The lowest BCUT2D eigenvalue weighted by molar-refractivity contribution is 0.834. The Hall–Kier alpha value is -1.61. The van der Waals surface area contributed by atoms with E-state index in [1.54, 1.807) is 6.07 Å². The van der Waals surface area contributed by atoms with Crippen LogP contribution in [0.25, 0.3) is 10.9 Å². The van der Waals surface area contributed by atoms with Crippen LogP contribution in [0.2, 0.25) is 10.0 Å². The van der Waals surface area contributed by atoms with Crippen LogP contribution in [0.15, 0.2) is 48.5 Å². The number of rotatable bonds is 2. The lowest BCUT2D eigenvalue weighted by atomic mass is 10.0. The first-order chi connectivity index (χ1) is 10.1. The molecule has 3 rings (SSSR count).